The van der Waals surface area contributed by atoms with E-state index in [4.69, 9.17) is 16.7 Å². The average molecular weight is 229 g/mol. The SMILES string of the molecule is CC1(Cl)CSc2cc(C(=O)O)ccc21. The first-order chi connectivity index (χ1) is 6.50. The fraction of sp³-hybridized carbons (Fsp3) is 0.300. The minimum atomic E-state index is -0.892. The van der Waals surface area contributed by atoms with Crippen molar-refractivity contribution in [3.63, 3.8) is 0 Å². The highest BCUT2D eigenvalue weighted by Crippen LogP contribution is 2.46. The first-order valence-electron chi connectivity index (χ1n) is 4.20. The summed E-state index contributed by atoms with van der Waals surface area (Å²) in [4.78, 5) is 11.4. The molecule has 4 heteroatoms. The third kappa shape index (κ3) is 1.51. The average Bonchev–Trinajstić information content (AvgIpc) is 2.42. The van der Waals surface area contributed by atoms with Gasteiger partial charge in [-0.3, -0.25) is 0 Å². The van der Waals surface area contributed by atoms with Crippen molar-refractivity contribution in [3.8, 4) is 0 Å². The van der Waals surface area contributed by atoms with Crippen LogP contribution >= 0.6 is 23.4 Å². The molecule has 0 spiro atoms. The molecule has 1 aromatic rings. The van der Waals surface area contributed by atoms with Gasteiger partial charge in [0.15, 0.2) is 0 Å². The molecule has 0 saturated carbocycles. The largest absolute Gasteiger partial charge is 0.478 e. The van der Waals surface area contributed by atoms with E-state index in [0.29, 0.717) is 5.56 Å². The van der Waals surface area contributed by atoms with E-state index in [1.165, 1.54) is 0 Å². The van der Waals surface area contributed by atoms with Crippen LogP contribution in [0.2, 0.25) is 0 Å². The van der Waals surface area contributed by atoms with Crippen molar-refractivity contribution in [3.05, 3.63) is 29.3 Å². The minimum Gasteiger partial charge on any atom is -0.478 e. The number of carboxylic acid groups (broad SMARTS) is 1. The third-order valence-electron chi connectivity index (χ3n) is 2.29. The number of alkyl halides is 1. The summed E-state index contributed by atoms with van der Waals surface area (Å²) in [6.07, 6.45) is 0. The molecular weight excluding hydrogens is 220 g/mol. The van der Waals surface area contributed by atoms with Crippen LogP contribution < -0.4 is 0 Å². The van der Waals surface area contributed by atoms with Crippen LogP contribution in [-0.4, -0.2) is 16.8 Å². The Morgan fingerprint density at radius 3 is 3.00 bits per heavy atom. The summed E-state index contributed by atoms with van der Waals surface area (Å²) in [6.45, 7) is 1.95. The maximum atomic E-state index is 10.7. The van der Waals surface area contributed by atoms with Gasteiger partial charge in [0, 0.05) is 10.6 Å². The molecule has 14 heavy (non-hydrogen) atoms. The lowest BCUT2D eigenvalue weighted by Gasteiger charge is -2.14. The highest BCUT2D eigenvalue weighted by atomic mass is 35.5. The minimum absolute atomic E-state index is 0.325. The predicted octanol–water partition coefficient (Wildman–Crippen LogP) is 2.94. The van der Waals surface area contributed by atoms with Gasteiger partial charge >= 0.3 is 5.97 Å². The Morgan fingerprint density at radius 1 is 1.64 bits per heavy atom. The van der Waals surface area contributed by atoms with E-state index in [0.717, 1.165) is 16.2 Å². The van der Waals surface area contributed by atoms with E-state index in [1.54, 1.807) is 23.9 Å². The smallest absolute Gasteiger partial charge is 0.335 e. The highest BCUT2D eigenvalue weighted by molar-refractivity contribution is 7.99. The Labute approximate surface area is 91.3 Å². The van der Waals surface area contributed by atoms with Gasteiger partial charge in [0.25, 0.3) is 0 Å². The molecule has 0 bridgehead atoms. The molecule has 1 aliphatic rings. The first kappa shape index (κ1) is 9.87. The molecule has 1 unspecified atom stereocenters. The Morgan fingerprint density at radius 2 is 2.36 bits per heavy atom. The molecule has 0 aliphatic carbocycles. The molecule has 0 radical (unpaired) electrons. The number of rotatable bonds is 1. The molecule has 0 fully saturated rings. The van der Waals surface area contributed by atoms with Gasteiger partial charge in [-0.1, -0.05) is 6.07 Å². The fourth-order valence-corrected chi connectivity index (χ4v) is 3.12. The van der Waals surface area contributed by atoms with Gasteiger partial charge in [-0.15, -0.1) is 23.4 Å². The van der Waals surface area contributed by atoms with E-state index >= 15 is 0 Å². The lowest BCUT2D eigenvalue weighted by molar-refractivity contribution is 0.0696. The Kier molecular flexibility index (Phi) is 2.24. The van der Waals surface area contributed by atoms with Crippen LogP contribution in [0.25, 0.3) is 0 Å². The van der Waals surface area contributed by atoms with E-state index in [2.05, 4.69) is 0 Å². The molecule has 1 atom stereocenters. The number of halogens is 1. The molecule has 0 aromatic heterocycles. The summed E-state index contributed by atoms with van der Waals surface area (Å²) >= 11 is 7.87. The van der Waals surface area contributed by atoms with Crippen molar-refractivity contribution in [2.45, 2.75) is 16.7 Å². The number of carboxylic acids is 1. The first-order valence-corrected chi connectivity index (χ1v) is 5.56. The van der Waals surface area contributed by atoms with Crippen molar-refractivity contribution >= 4 is 29.3 Å². The van der Waals surface area contributed by atoms with Crippen LogP contribution in [0.15, 0.2) is 23.1 Å². The summed E-state index contributed by atoms with van der Waals surface area (Å²) in [5, 5.41) is 8.80. The van der Waals surface area contributed by atoms with E-state index in [-0.39, 0.29) is 4.87 Å². The van der Waals surface area contributed by atoms with E-state index < -0.39 is 5.97 Å². The molecule has 2 rings (SSSR count). The van der Waals surface area contributed by atoms with Crippen LogP contribution in [-0.2, 0) is 4.87 Å². The van der Waals surface area contributed by atoms with E-state index in [1.807, 2.05) is 13.0 Å². The maximum absolute atomic E-state index is 10.7. The number of benzene rings is 1. The molecule has 1 aromatic carbocycles. The van der Waals surface area contributed by atoms with Crippen molar-refractivity contribution in [2.24, 2.45) is 0 Å². The van der Waals surface area contributed by atoms with Crippen LogP contribution in [0.1, 0.15) is 22.8 Å². The van der Waals surface area contributed by atoms with Crippen LogP contribution in [0.4, 0.5) is 0 Å². The van der Waals surface area contributed by atoms with Gasteiger partial charge in [0.1, 0.15) is 0 Å². The number of carbonyl (C=O) groups is 1. The number of aromatic carboxylic acids is 1. The summed E-state index contributed by atoms with van der Waals surface area (Å²) in [5.74, 6) is -0.0935. The molecule has 1 heterocycles. The summed E-state index contributed by atoms with van der Waals surface area (Å²) < 4.78 is 0. The molecular formula is C10H9ClO2S. The lowest BCUT2D eigenvalue weighted by atomic mass is 10.0. The van der Waals surface area contributed by atoms with Gasteiger partial charge in [-0.2, -0.15) is 0 Å². The fourth-order valence-electron chi connectivity index (χ4n) is 1.50. The lowest BCUT2D eigenvalue weighted by Crippen LogP contribution is -2.12. The van der Waals surface area contributed by atoms with Crippen LogP contribution in [0.3, 0.4) is 0 Å². The number of hydrogen-bond acceptors (Lipinski definition) is 2. The third-order valence-corrected chi connectivity index (χ3v) is 4.16. The zero-order chi connectivity index (χ0) is 10.3. The van der Waals surface area contributed by atoms with Gasteiger partial charge in [0.2, 0.25) is 0 Å². The standard InChI is InChI=1S/C10H9ClO2S/c1-10(11)5-14-8-4-6(9(12)13)2-3-7(8)10/h2-4H,5H2,1H3,(H,12,13). The van der Waals surface area contributed by atoms with E-state index in [9.17, 15) is 4.79 Å². The van der Waals surface area contributed by atoms with Gasteiger partial charge < -0.3 is 5.11 Å². The van der Waals surface area contributed by atoms with Gasteiger partial charge in [-0.05, 0) is 24.6 Å². The summed E-state index contributed by atoms with van der Waals surface area (Å²) in [6, 6.07) is 5.11. The molecule has 0 amide bonds. The molecule has 74 valence electrons. The normalized spacial score (nSPS) is 24.7. The maximum Gasteiger partial charge on any atom is 0.335 e. The molecule has 1 aliphatic heterocycles. The molecule has 1 N–H and O–H groups in total. The Balaban J connectivity index is 2.49. The Bertz CT molecular complexity index is 401. The number of fused-ring (bicyclic) bond motifs is 1. The second-order valence-electron chi connectivity index (χ2n) is 3.50. The highest BCUT2D eigenvalue weighted by Gasteiger charge is 2.33. The van der Waals surface area contributed by atoms with Crippen molar-refractivity contribution < 1.29 is 9.90 Å². The van der Waals surface area contributed by atoms with Gasteiger partial charge in [0.05, 0.1) is 10.4 Å². The Hall–Kier alpha value is -0.670. The zero-order valence-corrected chi connectivity index (χ0v) is 9.15. The molecule has 0 saturated heterocycles. The van der Waals surface area contributed by atoms with Crippen molar-refractivity contribution in [2.75, 3.05) is 5.75 Å². The van der Waals surface area contributed by atoms with Crippen LogP contribution in [0, 0.1) is 0 Å². The van der Waals surface area contributed by atoms with Crippen molar-refractivity contribution in [1.82, 2.24) is 0 Å². The summed E-state index contributed by atoms with van der Waals surface area (Å²) in [7, 11) is 0. The monoisotopic (exact) mass is 228 g/mol. The molecule has 2 nitrogen and oxygen atoms in total. The van der Waals surface area contributed by atoms with Crippen LogP contribution in [0.5, 0.6) is 0 Å². The second kappa shape index (κ2) is 3.17. The van der Waals surface area contributed by atoms with Gasteiger partial charge in [-0.25, -0.2) is 4.79 Å². The second-order valence-corrected chi connectivity index (χ2v) is 5.35. The van der Waals surface area contributed by atoms with Crippen molar-refractivity contribution in [1.29, 1.82) is 0 Å². The summed E-state index contributed by atoms with van der Waals surface area (Å²) in [5.41, 5.74) is 1.36. The topological polar surface area (TPSA) is 37.3 Å². The predicted molar refractivity (Wildman–Crippen MR) is 57.3 cm³/mol. The quantitative estimate of drug-likeness (QED) is 0.751. The number of hydrogen-bond donors (Lipinski definition) is 1. The zero-order valence-electron chi connectivity index (χ0n) is 7.58. The number of thioether (sulfide) groups is 1.